The van der Waals surface area contributed by atoms with Crippen molar-refractivity contribution in [3.05, 3.63) is 89.5 Å². The number of fused-ring (bicyclic) bond motifs is 1. The van der Waals surface area contributed by atoms with E-state index in [4.69, 9.17) is 0 Å². The fourth-order valence-electron chi connectivity index (χ4n) is 3.78. The summed E-state index contributed by atoms with van der Waals surface area (Å²) in [6.07, 6.45) is 2.00. The molecule has 0 fully saturated rings. The maximum absolute atomic E-state index is 13.9. The second-order valence-corrected chi connectivity index (χ2v) is 7.48. The molecule has 0 saturated heterocycles. The Balaban J connectivity index is 1.62. The van der Waals surface area contributed by atoms with E-state index >= 15 is 0 Å². The number of carbonyl (C=O) groups is 1. The molecule has 1 atom stereocenters. The number of anilines is 1. The van der Waals surface area contributed by atoms with Gasteiger partial charge in [-0.05, 0) is 53.4 Å². The van der Waals surface area contributed by atoms with Crippen LogP contribution in [0.2, 0.25) is 0 Å². The van der Waals surface area contributed by atoms with E-state index in [1.54, 1.807) is 11.0 Å². The first kappa shape index (κ1) is 18.3. The average Bonchev–Trinajstić information content (AvgIpc) is 3.16. The highest BCUT2D eigenvalue weighted by atomic mass is 19.1. The van der Waals surface area contributed by atoms with Crippen LogP contribution in [-0.2, 0) is 6.54 Å². The number of nitrogens with one attached hydrogen (secondary N) is 1. The molecule has 1 unspecified atom stereocenters. The highest BCUT2D eigenvalue weighted by molar-refractivity contribution is 5.90. The standard InChI is InChI=1S/C23H24FN3O/c1-16(2)17-8-10-20(11-9-17)25-23(28)27-14-13-26-12-4-7-21(26)22(27)18-5-3-6-19(24)15-18/h3-12,15-16,22H,13-14H2,1-2H3,(H,25,28). The number of nitrogens with zero attached hydrogens (tertiary/aromatic N) is 2. The number of rotatable bonds is 3. The normalized spacial score (nSPS) is 16.1. The van der Waals surface area contributed by atoms with E-state index in [1.165, 1.54) is 17.7 Å². The lowest BCUT2D eigenvalue weighted by atomic mass is 10.00. The van der Waals surface area contributed by atoms with Gasteiger partial charge in [0.25, 0.3) is 0 Å². The molecule has 5 heteroatoms. The first-order valence-corrected chi connectivity index (χ1v) is 9.61. The van der Waals surface area contributed by atoms with E-state index in [9.17, 15) is 9.18 Å². The van der Waals surface area contributed by atoms with Crippen molar-refractivity contribution >= 4 is 11.7 Å². The lowest BCUT2D eigenvalue weighted by Crippen LogP contribution is -2.44. The molecule has 2 heterocycles. The van der Waals surface area contributed by atoms with Gasteiger partial charge in [0.1, 0.15) is 5.82 Å². The first-order valence-electron chi connectivity index (χ1n) is 9.61. The van der Waals surface area contributed by atoms with E-state index in [1.807, 2.05) is 48.7 Å². The van der Waals surface area contributed by atoms with Crippen LogP contribution < -0.4 is 5.32 Å². The molecular weight excluding hydrogens is 353 g/mol. The molecule has 0 aliphatic carbocycles. The van der Waals surface area contributed by atoms with Gasteiger partial charge in [0, 0.05) is 30.7 Å². The van der Waals surface area contributed by atoms with Gasteiger partial charge in [0.05, 0.1) is 6.04 Å². The van der Waals surface area contributed by atoms with Crippen LogP contribution in [0.5, 0.6) is 0 Å². The molecule has 1 aliphatic rings. The lowest BCUT2D eigenvalue weighted by Gasteiger charge is -2.37. The molecule has 1 aromatic heterocycles. The molecule has 2 amide bonds. The van der Waals surface area contributed by atoms with Crippen molar-refractivity contribution in [3.8, 4) is 0 Å². The van der Waals surface area contributed by atoms with Crippen molar-refractivity contribution in [2.75, 3.05) is 11.9 Å². The minimum atomic E-state index is -0.325. The number of aromatic nitrogens is 1. The van der Waals surface area contributed by atoms with Gasteiger partial charge in [-0.25, -0.2) is 9.18 Å². The molecule has 0 radical (unpaired) electrons. The summed E-state index contributed by atoms with van der Waals surface area (Å²) in [7, 11) is 0. The van der Waals surface area contributed by atoms with Gasteiger partial charge in [-0.1, -0.05) is 38.1 Å². The Morgan fingerprint density at radius 3 is 2.57 bits per heavy atom. The van der Waals surface area contributed by atoms with E-state index in [0.29, 0.717) is 19.0 Å². The predicted molar refractivity (Wildman–Crippen MR) is 109 cm³/mol. The molecule has 1 N–H and O–H groups in total. The highest BCUT2D eigenvalue weighted by Gasteiger charge is 2.32. The maximum Gasteiger partial charge on any atom is 0.322 e. The summed E-state index contributed by atoms with van der Waals surface area (Å²) in [4.78, 5) is 14.9. The van der Waals surface area contributed by atoms with E-state index < -0.39 is 0 Å². The highest BCUT2D eigenvalue weighted by Crippen LogP contribution is 2.33. The first-order chi connectivity index (χ1) is 13.5. The third-order valence-electron chi connectivity index (χ3n) is 5.29. The minimum Gasteiger partial charge on any atom is -0.348 e. The zero-order chi connectivity index (χ0) is 19.7. The van der Waals surface area contributed by atoms with E-state index in [0.717, 1.165) is 16.9 Å². The number of hydrogen-bond donors (Lipinski definition) is 1. The Morgan fingerprint density at radius 1 is 1.07 bits per heavy atom. The summed E-state index contributed by atoms with van der Waals surface area (Å²) >= 11 is 0. The predicted octanol–water partition coefficient (Wildman–Crippen LogP) is 5.39. The van der Waals surface area contributed by atoms with Crippen molar-refractivity contribution in [1.29, 1.82) is 0 Å². The molecular formula is C23H24FN3O. The number of hydrogen-bond acceptors (Lipinski definition) is 1. The number of halogens is 1. The van der Waals surface area contributed by atoms with Crippen LogP contribution >= 0.6 is 0 Å². The zero-order valence-corrected chi connectivity index (χ0v) is 16.1. The number of amides is 2. The van der Waals surface area contributed by atoms with Gasteiger partial charge in [0.15, 0.2) is 0 Å². The molecule has 2 aromatic carbocycles. The third kappa shape index (κ3) is 3.52. The molecule has 0 saturated carbocycles. The van der Waals surface area contributed by atoms with E-state index in [-0.39, 0.29) is 17.9 Å². The second-order valence-electron chi connectivity index (χ2n) is 7.48. The van der Waals surface area contributed by atoms with Gasteiger partial charge >= 0.3 is 6.03 Å². The number of urea groups is 1. The fraction of sp³-hybridized carbons (Fsp3) is 0.261. The molecule has 0 spiro atoms. The Morgan fingerprint density at radius 2 is 1.86 bits per heavy atom. The quantitative estimate of drug-likeness (QED) is 0.653. The molecule has 144 valence electrons. The lowest BCUT2D eigenvalue weighted by molar-refractivity contribution is 0.181. The average molecular weight is 377 g/mol. The largest absolute Gasteiger partial charge is 0.348 e. The maximum atomic E-state index is 13.9. The molecule has 28 heavy (non-hydrogen) atoms. The van der Waals surface area contributed by atoms with Crippen molar-refractivity contribution in [2.45, 2.75) is 32.4 Å². The van der Waals surface area contributed by atoms with Crippen LogP contribution in [0.3, 0.4) is 0 Å². The second kappa shape index (κ2) is 7.50. The van der Waals surface area contributed by atoms with E-state index in [2.05, 4.69) is 23.7 Å². The topological polar surface area (TPSA) is 37.3 Å². The summed E-state index contributed by atoms with van der Waals surface area (Å²) < 4.78 is 16.0. The summed E-state index contributed by atoms with van der Waals surface area (Å²) in [5.41, 5.74) is 3.74. The van der Waals surface area contributed by atoms with Gasteiger partial charge in [-0.2, -0.15) is 0 Å². The number of carbonyl (C=O) groups excluding carboxylic acids is 1. The Bertz CT molecular complexity index is 978. The van der Waals surface area contributed by atoms with Gasteiger partial charge < -0.3 is 14.8 Å². The van der Waals surface area contributed by atoms with Crippen molar-refractivity contribution < 1.29 is 9.18 Å². The van der Waals surface area contributed by atoms with Crippen LogP contribution in [-0.4, -0.2) is 22.0 Å². The van der Waals surface area contributed by atoms with Crippen LogP contribution in [0.1, 0.15) is 42.6 Å². The molecule has 4 nitrogen and oxygen atoms in total. The Hall–Kier alpha value is -3.08. The summed E-state index contributed by atoms with van der Waals surface area (Å²) in [5, 5.41) is 3.00. The van der Waals surface area contributed by atoms with Gasteiger partial charge in [0.2, 0.25) is 0 Å². The van der Waals surface area contributed by atoms with Gasteiger partial charge in [-0.3, -0.25) is 0 Å². The molecule has 4 rings (SSSR count). The summed E-state index contributed by atoms with van der Waals surface area (Å²) in [5.74, 6) is 0.141. The van der Waals surface area contributed by atoms with Gasteiger partial charge in [-0.15, -0.1) is 0 Å². The fourth-order valence-corrected chi connectivity index (χ4v) is 3.78. The molecule has 0 bridgehead atoms. The molecule has 1 aliphatic heterocycles. The summed E-state index contributed by atoms with van der Waals surface area (Å²) in [6.45, 7) is 5.55. The Kier molecular flexibility index (Phi) is 4.90. The number of benzene rings is 2. The monoisotopic (exact) mass is 377 g/mol. The van der Waals surface area contributed by atoms with Crippen LogP contribution in [0.4, 0.5) is 14.9 Å². The minimum absolute atomic E-state index is 0.181. The van der Waals surface area contributed by atoms with Crippen molar-refractivity contribution in [3.63, 3.8) is 0 Å². The zero-order valence-electron chi connectivity index (χ0n) is 16.1. The van der Waals surface area contributed by atoms with Crippen molar-refractivity contribution in [1.82, 2.24) is 9.47 Å². The molecule has 3 aromatic rings. The smallest absolute Gasteiger partial charge is 0.322 e. The third-order valence-corrected chi connectivity index (χ3v) is 5.29. The SMILES string of the molecule is CC(C)c1ccc(NC(=O)N2CCn3cccc3C2c2cccc(F)c2)cc1. The van der Waals surface area contributed by atoms with Crippen molar-refractivity contribution in [2.24, 2.45) is 0 Å². The van der Waals surface area contributed by atoms with Crippen LogP contribution in [0.15, 0.2) is 66.9 Å². The van der Waals surface area contributed by atoms with Crippen LogP contribution in [0.25, 0.3) is 0 Å². The van der Waals surface area contributed by atoms with Crippen LogP contribution in [0, 0.1) is 5.82 Å². The summed E-state index contributed by atoms with van der Waals surface area (Å²) in [6, 6.07) is 17.9. The Labute approximate surface area is 164 Å².